The minimum Gasteiger partial charge on any atom is -0.492 e. The molecule has 2 heterocycles. The number of carbonyl (C=O) groups is 3. The summed E-state index contributed by atoms with van der Waals surface area (Å²) in [5, 5.41) is 6.08. The summed E-state index contributed by atoms with van der Waals surface area (Å²) in [6, 6.07) is 12.7. The molecule has 8 nitrogen and oxygen atoms in total. The van der Waals surface area contributed by atoms with E-state index in [1.54, 1.807) is 48.5 Å². The Bertz CT molecular complexity index is 1070. The second-order valence-electron chi connectivity index (χ2n) is 6.93. The van der Waals surface area contributed by atoms with Crippen LogP contribution in [0.3, 0.4) is 0 Å². The summed E-state index contributed by atoms with van der Waals surface area (Å²) in [7, 11) is 0. The third-order valence-electron chi connectivity index (χ3n) is 4.96. The average Bonchev–Trinajstić information content (AvgIpc) is 3.14. The second kappa shape index (κ2) is 8.69. The first-order valence-electron chi connectivity index (χ1n) is 9.73. The molecule has 31 heavy (non-hydrogen) atoms. The zero-order chi connectivity index (χ0) is 22.0. The van der Waals surface area contributed by atoms with E-state index >= 15 is 0 Å². The number of ether oxygens (including phenoxy) is 2. The van der Waals surface area contributed by atoms with Crippen LogP contribution in [0.15, 0.2) is 59.8 Å². The Morgan fingerprint density at radius 3 is 2.71 bits per heavy atom. The van der Waals surface area contributed by atoms with Crippen molar-refractivity contribution >= 4 is 35.2 Å². The van der Waals surface area contributed by atoms with Crippen molar-refractivity contribution in [3.63, 3.8) is 0 Å². The first kappa shape index (κ1) is 20.7. The summed E-state index contributed by atoms with van der Waals surface area (Å²) in [6.07, 6.45) is 0. The molecule has 0 aromatic heterocycles. The molecule has 2 aliphatic rings. The minimum absolute atomic E-state index is 0.0749. The molecule has 2 N–H and O–H groups in total. The smallest absolute Gasteiger partial charge is 0.338 e. The van der Waals surface area contributed by atoms with E-state index in [0.717, 1.165) is 0 Å². The van der Waals surface area contributed by atoms with E-state index in [1.165, 1.54) is 4.90 Å². The number of rotatable bonds is 6. The number of para-hydroxylation sites is 2. The molecular weight excluding hydrogens is 422 g/mol. The highest BCUT2D eigenvalue weighted by molar-refractivity contribution is 6.30. The number of nitrogens with zero attached hydrogens (tertiary/aromatic N) is 1. The molecule has 1 atom stereocenters. The number of cyclic esters (lactones) is 1. The lowest BCUT2D eigenvalue weighted by Gasteiger charge is -2.32. The van der Waals surface area contributed by atoms with Crippen LogP contribution in [-0.2, 0) is 14.3 Å². The zero-order valence-electron chi connectivity index (χ0n) is 16.7. The van der Waals surface area contributed by atoms with Crippen LogP contribution in [-0.4, -0.2) is 42.6 Å². The molecular formula is C22H20ClN3O5. The van der Waals surface area contributed by atoms with Crippen LogP contribution >= 0.6 is 11.6 Å². The summed E-state index contributed by atoms with van der Waals surface area (Å²) < 4.78 is 10.7. The van der Waals surface area contributed by atoms with Gasteiger partial charge in [0.2, 0.25) is 5.91 Å². The maximum Gasteiger partial charge on any atom is 0.338 e. The van der Waals surface area contributed by atoms with Gasteiger partial charge >= 0.3 is 12.0 Å². The highest BCUT2D eigenvalue weighted by Gasteiger charge is 2.42. The van der Waals surface area contributed by atoms with E-state index in [2.05, 4.69) is 10.6 Å². The van der Waals surface area contributed by atoms with Gasteiger partial charge in [0.15, 0.2) is 0 Å². The van der Waals surface area contributed by atoms with E-state index in [0.29, 0.717) is 39.9 Å². The predicted molar refractivity (Wildman–Crippen MR) is 114 cm³/mol. The molecule has 160 valence electrons. The van der Waals surface area contributed by atoms with Crippen molar-refractivity contribution in [2.75, 3.05) is 25.1 Å². The Hall–Kier alpha value is -3.52. The highest BCUT2D eigenvalue weighted by atomic mass is 35.5. The number of urea groups is 1. The molecule has 0 bridgehead atoms. The molecule has 0 radical (unpaired) electrons. The van der Waals surface area contributed by atoms with Crippen molar-refractivity contribution in [2.45, 2.75) is 13.0 Å². The second-order valence-corrected chi connectivity index (χ2v) is 7.37. The molecule has 2 aliphatic heterocycles. The Morgan fingerprint density at radius 2 is 1.97 bits per heavy atom. The van der Waals surface area contributed by atoms with Gasteiger partial charge in [-0.3, -0.25) is 9.69 Å². The molecule has 4 rings (SSSR count). The van der Waals surface area contributed by atoms with Crippen molar-refractivity contribution in [2.24, 2.45) is 0 Å². The van der Waals surface area contributed by atoms with E-state index in [4.69, 9.17) is 21.1 Å². The summed E-state index contributed by atoms with van der Waals surface area (Å²) >= 11 is 5.94. The van der Waals surface area contributed by atoms with Gasteiger partial charge in [-0.15, -0.1) is 0 Å². The molecule has 9 heteroatoms. The van der Waals surface area contributed by atoms with Gasteiger partial charge in [0.1, 0.15) is 18.9 Å². The lowest BCUT2D eigenvalue weighted by Crippen LogP contribution is -2.49. The number of carbonyl (C=O) groups excluding carboxylic acids is 3. The highest BCUT2D eigenvalue weighted by Crippen LogP contribution is 2.35. The average molecular weight is 442 g/mol. The summed E-state index contributed by atoms with van der Waals surface area (Å²) in [6.45, 7) is 1.94. The molecule has 3 amide bonds. The maximum atomic E-state index is 12.8. The standard InChI is InChI=1S/C22H20ClN3O5/c1-2-30-17-6-4-3-5-15(17)24-18(27)11-26-16-12-31-21(28)19(16)20(25-22(26)29)13-7-9-14(23)10-8-13/h3-10,20H,2,11-12H2,1H3,(H,24,27)(H,25,29)/t20-/m1/s1. The van der Waals surface area contributed by atoms with Crippen LogP contribution in [0.5, 0.6) is 5.75 Å². The van der Waals surface area contributed by atoms with Gasteiger partial charge in [0, 0.05) is 5.02 Å². The molecule has 0 spiro atoms. The summed E-state index contributed by atoms with van der Waals surface area (Å²) in [5.41, 5.74) is 1.88. The number of hydrogen-bond donors (Lipinski definition) is 2. The van der Waals surface area contributed by atoms with Gasteiger partial charge in [-0.2, -0.15) is 0 Å². The lowest BCUT2D eigenvalue weighted by atomic mass is 9.96. The van der Waals surface area contributed by atoms with Crippen molar-refractivity contribution in [3.8, 4) is 5.75 Å². The Balaban J connectivity index is 1.57. The fourth-order valence-electron chi connectivity index (χ4n) is 3.57. The zero-order valence-corrected chi connectivity index (χ0v) is 17.4. The summed E-state index contributed by atoms with van der Waals surface area (Å²) in [4.78, 5) is 39.2. The number of esters is 1. The number of benzene rings is 2. The minimum atomic E-state index is -0.673. The molecule has 0 aliphatic carbocycles. The molecule has 0 saturated carbocycles. The lowest BCUT2D eigenvalue weighted by molar-refractivity contribution is -0.136. The SMILES string of the molecule is CCOc1ccccc1NC(=O)CN1C(=O)N[C@H](c2ccc(Cl)cc2)C2=C1COC2=O. The van der Waals surface area contributed by atoms with Gasteiger partial charge in [-0.1, -0.05) is 35.9 Å². The maximum absolute atomic E-state index is 12.8. The molecule has 2 aromatic rings. The largest absolute Gasteiger partial charge is 0.492 e. The van der Waals surface area contributed by atoms with Crippen LogP contribution in [0.1, 0.15) is 18.5 Å². The Labute approximate surface area is 183 Å². The van der Waals surface area contributed by atoms with Gasteiger partial charge in [0.05, 0.1) is 29.6 Å². The Kier molecular flexibility index (Phi) is 5.81. The van der Waals surface area contributed by atoms with Crippen LogP contribution in [0.25, 0.3) is 0 Å². The van der Waals surface area contributed by atoms with E-state index in [1.807, 2.05) is 6.92 Å². The van der Waals surface area contributed by atoms with Crippen molar-refractivity contribution in [1.82, 2.24) is 10.2 Å². The van der Waals surface area contributed by atoms with Gasteiger partial charge in [-0.25, -0.2) is 9.59 Å². The molecule has 0 unspecified atom stereocenters. The number of halogens is 1. The van der Waals surface area contributed by atoms with Crippen LogP contribution in [0, 0.1) is 0 Å². The van der Waals surface area contributed by atoms with Gasteiger partial charge < -0.3 is 20.1 Å². The fraction of sp³-hybridized carbons (Fsp3) is 0.227. The van der Waals surface area contributed by atoms with Gasteiger partial charge in [0.25, 0.3) is 0 Å². The number of hydrogen-bond acceptors (Lipinski definition) is 5. The van der Waals surface area contributed by atoms with Crippen molar-refractivity contribution in [3.05, 3.63) is 70.4 Å². The molecule has 2 aromatic carbocycles. The fourth-order valence-corrected chi connectivity index (χ4v) is 3.69. The molecule has 0 saturated heterocycles. The van der Waals surface area contributed by atoms with E-state index in [9.17, 15) is 14.4 Å². The number of anilines is 1. The third kappa shape index (κ3) is 4.20. The predicted octanol–water partition coefficient (Wildman–Crippen LogP) is 3.25. The van der Waals surface area contributed by atoms with Crippen molar-refractivity contribution in [1.29, 1.82) is 0 Å². The van der Waals surface area contributed by atoms with Crippen LogP contribution in [0.4, 0.5) is 10.5 Å². The van der Waals surface area contributed by atoms with Crippen LogP contribution in [0.2, 0.25) is 5.02 Å². The monoisotopic (exact) mass is 441 g/mol. The van der Waals surface area contributed by atoms with Crippen molar-refractivity contribution < 1.29 is 23.9 Å². The van der Waals surface area contributed by atoms with Crippen LogP contribution < -0.4 is 15.4 Å². The number of amides is 3. The van der Waals surface area contributed by atoms with Gasteiger partial charge in [-0.05, 0) is 36.8 Å². The normalized spacial score (nSPS) is 17.7. The number of nitrogens with one attached hydrogen (secondary N) is 2. The quantitative estimate of drug-likeness (QED) is 0.671. The first-order chi connectivity index (χ1) is 15.0. The topological polar surface area (TPSA) is 97.0 Å². The Morgan fingerprint density at radius 1 is 1.23 bits per heavy atom. The third-order valence-corrected chi connectivity index (χ3v) is 5.22. The van der Waals surface area contributed by atoms with E-state index < -0.39 is 23.9 Å². The first-order valence-corrected chi connectivity index (χ1v) is 10.1. The van der Waals surface area contributed by atoms with E-state index in [-0.39, 0.29) is 13.2 Å². The summed E-state index contributed by atoms with van der Waals surface area (Å²) in [5.74, 6) is -0.427. The molecule has 0 fully saturated rings.